The summed E-state index contributed by atoms with van der Waals surface area (Å²) >= 11 is 6.27. The molecular weight excluding hydrogens is 476 g/mol. The van der Waals surface area contributed by atoms with Gasteiger partial charge in [0.25, 0.3) is 11.8 Å². The van der Waals surface area contributed by atoms with E-state index in [-0.39, 0.29) is 30.3 Å². The van der Waals surface area contributed by atoms with Crippen LogP contribution in [0.1, 0.15) is 78.5 Å². The Morgan fingerprint density at radius 2 is 1.47 bits per heavy atom. The van der Waals surface area contributed by atoms with Crippen LogP contribution in [0.4, 0.5) is 11.4 Å². The summed E-state index contributed by atoms with van der Waals surface area (Å²) in [6.45, 7) is 1.67. The van der Waals surface area contributed by atoms with Gasteiger partial charge in [-0.15, -0.1) is 0 Å². The van der Waals surface area contributed by atoms with Crippen LogP contribution in [-0.2, 0) is 4.79 Å². The topological polar surface area (TPSA) is 90.5 Å². The van der Waals surface area contributed by atoms with Gasteiger partial charge in [0.05, 0.1) is 17.1 Å². The number of anilines is 2. The summed E-state index contributed by atoms with van der Waals surface area (Å²) < 4.78 is 0. The number of halogens is 1. The summed E-state index contributed by atoms with van der Waals surface area (Å²) in [5.74, 6) is -0.399. The molecule has 1 saturated carbocycles. The van der Waals surface area contributed by atoms with Gasteiger partial charge in [0.1, 0.15) is 0 Å². The van der Waals surface area contributed by atoms with E-state index in [0.29, 0.717) is 21.8 Å². The minimum atomic E-state index is -0.249. The summed E-state index contributed by atoms with van der Waals surface area (Å²) in [6, 6.07) is 12.3. The molecule has 36 heavy (non-hydrogen) atoms. The number of nitrogens with one attached hydrogen (secondary N) is 3. The lowest BCUT2D eigenvalue weighted by Crippen LogP contribution is -2.36. The zero-order valence-corrected chi connectivity index (χ0v) is 21.4. The van der Waals surface area contributed by atoms with Crippen molar-refractivity contribution in [2.24, 2.45) is 0 Å². The maximum atomic E-state index is 12.7. The van der Waals surface area contributed by atoms with Crippen LogP contribution < -0.4 is 16.0 Å². The average molecular weight is 511 g/mol. The predicted molar refractivity (Wildman–Crippen MR) is 144 cm³/mol. The Hall–Kier alpha value is -3.06. The van der Waals surface area contributed by atoms with Gasteiger partial charge in [0.2, 0.25) is 5.91 Å². The maximum Gasteiger partial charge on any atom is 0.253 e. The van der Waals surface area contributed by atoms with Crippen molar-refractivity contribution in [3.05, 3.63) is 58.6 Å². The quantitative estimate of drug-likeness (QED) is 0.460. The van der Waals surface area contributed by atoms with Crippen LogP contribution in [0.25, 0.3) is 0 Å². The lowest BCUT2D eigenvalue weighted by Gasteiger charge is -2.23. The molecule has 0 spiro atoms. The first kappa shape index (κ1) is 26.0. The van der Waals surface area contributed by atoms with Gasteiger partial charge in [-0.25, -0.2) is 0 Å². The Morgan fingerprint density at radius 3 is 2.17 bits per heavy atom. The number of nitrogens with zero attached hydrogens (tertiary/aromatic N) is 1. The van der Waals surface area contributed by atoms with Crippen LogP contribution in [0.5, 0.6) is 0 Å². The highest BCUT2D eigenvalue weighted by molar-refractivity contribution is 6.34. The molecule has 0 radical (unpaired) electrons. The number of carbonyl (C=O) groups is 3. The number of amides is 3. The van der Waals surface area contributed by atoms with Gasteiger partial charge in [0.15, 0.2) is 0 Å². The molecule has 3 amide bonds. The summed E-state index contributed by atoms with van der Waals surface area (Å²) in [4.78, 5) is 39.9. The normalized spacial score (nSPS) is 16.6. The zero-order valence-electron chi connectivity index (χ0n) is 20.7. The van der Waals surface area contributed by atoms with E-state index < -0.39 is 0 Å². The Labute approximate surface area is 218 Å². The molecule has 2 aliphatic rings. The molecule has 2 fully saturated rings. The second kappa shape index (κ2) is 12.8. The number of rotatable bonds is 7. The molecule has 1 saturated heterocycles. The van der Waals surface area contributed by atoms with Crippen LogP contribution >= 0.6 is 11.6 Å². The van der Waals surface area contributed by atoms with Crippen molar-refractivity contribution in [1.29, 1.82) is 0 Å². The lowest BCUT2D eigenvalue weighted by molar-refractivity contribution is -0.114. The summed E-state index contributed by atoms with van der Waals surface area (Å²) in [5.41, 5.74) is 2.28. The van der Waals surface area contributed by atoms with Crippen molar-refractivity contribution >= 4 is 40.7 Å². The molecule has 0 unspecified atom stereocenters. The van der Waals surface area contributed by atoms with E-state index in [0.717, 1.165) is 57.3 Å². The number of hydrogen-bond acceptors (Lipinski definition) is 4. The van der Waals surface area contributed by atoms with Gasteiger partial charge in [0, 0.05) is 36.1 Å². The zero-order chi connectivity index (χ0) is 25.3. The summed E-state index contributed by atoms with van der Waals surface area (Å²) in [5, 5.41) is 9.32. The number of carbonyl (C=O) groups excluding carboxylic acids is 3. The molecule has 2 aromatic carbocycles. The van der Waals surface area contributed by atoms with Crippen molar-refractivity contribution in [3.8, 4) is 0 Å². The van der Waals surface area contributed by atoms with E-state index in [2.05, 4.69) is 16.0 Å². The summed E-state index contributed by atoms with van der Waals surface area (Å²) in [6.07, 6.45) is 9.90. The van der Waals surface area contributed by atoms with Gasteiger partial charge >= 0.3 is 0 Å². The second-order valence-electron chi connectivity index (χ2n) is 9.69. The van der Waals surface area contributed by atoms with Crippen LogP contribution in [0, 0.1) is 0 Å². The monoisotopic (exact) mass is 510 g/mol. The molecule has 0 bridgehead atoms. The molecule has 1 heterocycles. The van der Waals surface area contributed by atoms with Crippen molar-refractivity contribution < 1.29 is 14.4 Å². The van der Waals surface area contributed by atoms with Gasteiger partial charge in [-0.3, -0.25) is 14.4 Å². The molecule has 0 aromatic heterocycles. The van der Waals surface area contributed by atoms with Crippen LogP contribution in [0.2, 0.25) is 5.02 Å². The first-order chi connectivity index (χ1) is 17.5. The molecular formula is C28H35ClN4O3. The highest BCUT2D eigenvalue weighted by Gasteiger charge is 2.19. The van der Waals surface area contributed by atoms with E-state index >= 15 is 0 Å². The van der Waals surface area contributed by atoms with Gasteiger partial charge in [-0.2, -0.15) is 0 Å². The van der Waals surface area contributed by atoms with E-state index in [1.807, 2.05) is 17.0 Å². The molecule has 1 aliphatic carbocycles. The molecule has 1 aliphatic heterocycles. The number of hydrogen-bond donors (Lipinski definition) is 3. The van der Waals surface area contributed by atoms with Crippen LogP contribution in [0.3, 0.4) is 0 Å². The van der Waals surface area contributed by atoms with Crippen LogP contribution in [-0.4, -0.2) is 48.3 Å². The molecule has 0 atom stereocenters. The summed E-state index contributed by atoms with van der Waals surface area (Å²) in [7, 11) is 0. The first-order valence-electron chi connectivity index (χ1n) is 13.0. The van der Waals surface area contributed by atoms with Crippen molar-refractivity contribution in [3.63, 3.8) is 0 Å². The highest BCUT2D eigenvalue weighted by atomic mass is 35.5. The number of benzene rings is 2. The van der Waals surface area contributed by atoms with Crippen molar-refractivity contribution in [2.75, 3.05) is 30.3 Å². The van der Waals surface area contributed by atoms with E-state index in [1.165, 1.54) is 19.3 Å². The standard InChI is InChI=1S/C28H35ClN4O3/c29-25-15-14-23(18-24(25)27(35)32-22-8-4-3-5-9-22)31-26(34)19-30-21-12-10-20(11-13-21)28(36)33-16-6-1-2-7-17-33/h10-15,18,22,30H,1-9,16-17,19H2,(H,31,34)(H,32,35). The van der Waals surface area contributed by atoms with E-state index in [9.17, 15) is 14.4 Å². The van der Waals surface area contributed by atoms with Gasteiger partial charge in [-0.05, 0) is 68.1 Å². The SMILES string of the molecule is O=C(CNc1ccc(C(=O)N2CCCCCC2)cc1)Nc1ccc(Cl)c(C(=O)NC2CCCCC2)c1. The molecule has 192 valence electrons. The molecule has 3 N–H and O–H groups in total. The lowest BCUT2D eigenvalue weighted by atomic mass is 9.95. The van der Waals surface area contributed by atoms with Crippen molar-refractivity contribution in [2.45, 2.75) is 63.8 Å². The highest BCUT2D eigenvalue weighted by Crippen LogP contribution is 2.23. The molecule has 7 nitrogen and oxygen atoms in total. The Balaban J connectivity index is 1.28. The van der Waals surface area contributed by atoms with Crippen LogP contribution in [0.15, 0.2) is 42.5 Å². The largest absolute Gasteiger partial charge is 0.376 e. The fourth-order valence-corrected chi connectivity index (χ4v) is 5.07. The Kier molecular flexibility index (Phi) is 9.23. The molecule has 8 heteroatoms. The minimum Gasteiger partial charge on any atom is -0.376 e. The fraction of sp³-hybridized carbons (Fsp3) is 0.464. The van der Waals surface area contributed by atoms with E-state index in [4.69, 9.17) is 11.6 Å². The molecule has 4 rings (SSSR count). The maximum absolute atomic E-state index is 12.7. The van der Waals surface area contributed by atoms with Crippen molar-refractivity contribution in [1.82, 2.24) is 10.2 Å². The first-order valence-corrected chi connectivity index (χ1v) is 13.4. The predicted octanol–water partition coefficient (Wildman–Crippen LogP) is 5.47. The van der Waals surface area contributed by atoms with E-state index in [1.54, 1.807) is 30.3 Å². The molecule has 2 aromatic rings. The van der Waals surface area contributed by atoms with Gasteiger partial charge in [-0.1, -0.05) is 43.7 Å². The Morgan fingerprint density at radius 1 is 0.833 bits per heavy atom. The van der Waals surface area contributed by atoms with Gasteiger partial charge < -0.3 is 20.9 Å². The Bertz CT molecular complexity index is 1060. The minimum absolute atomic E-state index is 0.0473. The smallest absolute Gasteiger partial charge is 0.253 e. The third-order valence-corrected chi connectivity index (χ3v) is 7.24. The third kappa shape index (κ3) is 7.23. The second-order valence-corrected chi connectivity index (χ2v) is 10.1. The number of likely N-dealkylation sites (tertiary alicyclic amines) is 1. The third-order valence-electron chi connectivity index (χ3n) is 6.91. The average Bonchev–Trinajstić information content (AvgIpc) is 3.19. The fourth-order valence-electron chi connectivity index (χ4n) is 4.86.